The summed E-state index contributed by atoms with van der Waals surface area (Å²) in [5.41, 5.74) is 12.4. The minimum atomic E-state index is -0.819. The van der Waals surface area contributed by atoms with Gasteiger partial charge in [-0.3, -0.25) is 24.2 Å². The fourth-order valence-corrected chi connectivity index (χ4v) is 5.88. The zero-order valence-electron chi connectivity index (χ0n) is 23.1. The summed E-state index contributed by atoms with van der Waals surface area (Å²) >= 11 is 1.20. The Balaban J connectivity index is 1.41. The Morgan fingerprint density at radius 1 is 1.18 bits per heavy atom. The van der Waals surface area contributed by atoms with Crippen molar-refractivity contribution >= 4 is 40.8 Å². The molecule has 0 saturated carbocycles. The van der Waals surface area contributed by atoms with Gasteiger partial charge in [-0.25, -0.2) is 4.98 Å². The lowest BCUT2D eigenvalue weighted by Crippen LogP contribution is -2.60. The number of amides is 3. The molecule has 12 heteroatoms. The van der Waals surface area contributed by atoms with E-state index in [0.717, 1.165) is 5.56 Å². The van der Waals surface area contributed by atoms with Gasteiger partial charge < -0.3 is 26.6 Å². The zero-order chi connectivity index (χ0) is 29.0. The Bertz CT molecular complexity index is 1270. The van der Waals surface area contributed by atoms with Crippen molar-refractivity contribution in [1.82, 2.24) is 20.1 Å². The van der Waals surface area contributed by atoms with Crippen molar-refractivity contribution in [3.63, 3.8) is 0 Å². The number of aliphatic imine (C=N–C) groups is 1. The Morgan fingerprint density at radius 2 is 1.90 bits per heavy atom. The number of thiazole rings is 1. The summed E-state index contributed by atoms with van der Waals surface area (Å²) < 4.78 is 0. The Hall–Kier alpha value is -3.80. The zero-order valence-corrected chi connectivity index (χ0v) is 23.9. The molecule has 214 valence electrons. The molecule has 40 heavy (non-hydrogen) atoms. The molecule has 1 aromatic heterocycles. The average Bonchev–Trinajstić information content (AvgIpc) is 3.60. The molecule has 0 radical (unpaired) electrons. The Kier molecular flexibility index (Phi) is 8.87. The Labute approximate surface area is 238 Å². The van der Waals surface area contributed by atoms with Crippen molar-refractivity contribution in [3.8, 4) is 0 Å². The molecule has 3 atom stereocenters. The molecule has 2 fully saturated rings. The van der Waals surface area contributed by atoms with Gasteiger partial charge in [0.2, 0.25) is 17.6 Å². The SMILES string of the molecule is CC(C)(C)c1ccc(C(=O)N2CC(=O)N3C(C(=O)NC(CCCN=C(N)N)C(=O)c4nccs4)CC[C@H]3C2)cc1. The molecular formula is C28H37N7O4S. The van der Waals surface area contributed by atoms with Crippen LogP contribution in [0.15, 0.2) is 40.8 Å². The van der Waals surface area contributed by atoms with Gasteiger partial charge in [0, 0.05) is 30.2 Å². The van der Waals surface area contributed by atoms with E-state index < -0.39 is 12.1 Å². The first-order chi connectivity index (χ1) is 19.0. The standard InChI is InChI=1S/C28H37N7O4S/c1-28(2,3)18-8-6-17(7-9-18)26(39)34-15-19-10-11-21(35(19)22(36)16-34)24(38)33-20(5-4-12-32-27(29)30)23(37)25-31-13-14-40-25/h6-9,13-14,19-21H,4-5,10-12,15-16H2,1-3H3,(H,33,38)(H4,29,30,32)/t19-,20?,21?/m0/s1. The van der Waals surface area contributed by atoms with E-state index in [1.165, 1.54) is 17.5 Å². The first kappa shape index (κ1) is 29.2. The van der Waals surface area contributed by atoms with Crippen LogP contribution >= 0.6 is 11.3 Å². The fourth-order valence-electron chi connectivity index (χ4n) is 5.25. The lowest BCUT2D eigenvalue weighted by Gasteiger charge is -2.39. The predicted octanol–water partition coefficient (Wildman–Crippen LogP) is 1.68. The van der Waals surface area contributed by atoms with Crippen molar-refractivity contribution in [2.75, 3.05) is 19.6 Å². The minimum absolute atomic E-state index is 0.0289. The van der Waals surface area contributed by atoms with Gasteiger partial charge in [-0.1, -0.05) is 32.9 Å². The highest BCUT2D eigenvalue weighted by atomic mass is 32.1. The molecule has 2 aliphatic heterocycles. The first-order valence-corrected chi connectivity index (χ1v) is 14.3. The summed E-state index contributed by atoms with van der Waals surface area (Å²) in [6.07, 6.45) is 3.38. The van der Waals surface area contributed by atoms with Crippen LogP contribution in [0.2, 0.25) is 0 Å². The van der Waals surface area contributed by atoms with E-state index in [2.05, 4.69) is 36.1 Å². The van der Waals surface area contributed by atoms with Crippen LogP contribution in [0.1, 0.15) is 72.2 Å². The molecule has 0 aliphatic carbocycles. The van der Waals surface area contributed by atoms with Gasteiger partial charge in [-0.05, 0) is 48.8 Å². The van der Waals surface area contributed by atoms with Crippen LogP contribution in [0.25, 0.3) is 0 Å². The van der Waals surface area contributed by atoms with Crippen LogP contribution in [0, 0.1) is 0 Å². The van der Waals surface area contributed by atoms with E-state index in [4.69, 9.17) is 11.5 Å². The number of ketones is 1. The lowest BCUT2D eigenvalue weighted by atomic mass is 9.86. The second-order valence-corrected chi connectivity index (χ2v) is 12.2. The number of guanidine groups is 1. The van der Waals surface area contributed by atoms with Crippen LogP contribution in [0.5, 0.6) is 0 Å². The van der Waals surface area contributed by atoms with Crippen LogP contribution < -0.4 is 16.8 Å². The summed E-state index contributed by atoms with van der Waals surface area (Å²) in [7, 11) is 0. The molecule has 2 aliphatic rings. The van der Waals surface area contributed by atoms with Crippen molar-refractivity contribution < 1.29 is 19.2 Å². The molecule has 4 rings (SSSR count). The predicted molar refractivity (Wildman–Crippen MR) is 153 cm³/mol. The number of nitrogens with two attached hydrogens (primary N) is 2. The van der Waals surface area contributed by atoms with Crippen LogP contribution in [-0.2, 0) is 15.0 Å². The van der Waals surface area contributed by atoms with Gasteiger partial charge >= 0.3 is 0 Å². The average molecular weight is 568 g/mol. The third-order valence-electron chi connectivity index (χ3n) is 7.36. The number of Topliss-reactive ketones (excluding diaryl/α,β-unsaturated/α-hetero) is 1. The molecule has 0 spiro atoms. The van der Waals surface area contributed by atoms with Crippen LogP contribution in [-0.4, -0.2) is 82.0 Å². The van der Waals surface area contributed by atoms with E-state index in [9.17, 15) is 19.2 Å². The van der Waals surface area contributed by atoms with Gasteiger partial charge in [-0.15, -0.1) is 11.3 Å². The van der Waals surface area contributed by atoms with Crippen LogP contribution in [0.4, 0.5) is 0 Å². The highest BCUT2D eigenvalue weighted by Gasteiger charge is 2.46. The molecule has 1 aromatic carbocycles. The number of nitrogens with one attached hydrogen (secondary N) is 1. The van der Waals surface area contributed by atoms with Gasteiger partial charge in [0.1, 0.15) is 12.6 Å². The minimum Gasteiger partial charge on any atom is -0.370 e. The topological polar surface area (TPSA) is 164 Å². The van der Waals surface area contributed by atoms with Crippen molar-refractivity contribution in [2.45, 2.75) is 70.0 Å². The molecule has 2 aromatic rings. The molecule has 2 saturated heterocycles. The van der Waals surface area contributed by atoms with E-state index in [1.54, 1.807) is 27.3 Å². The van der Waals surface area contributed by atoms with E-state index in [0.29, 0.717) is 49.3 Å². The number of benzene rings is 1. The van der Waals surface area contributed by atoms with E-state index in [-0.39, 0.29) is 47.5 Å². The third kappa shape index (κ3) is 6.67. The summed E-state index contributed by atoms with van der Waals surface area (Å²) in [5, 5.41) is 4.86. The smallest absolute Gasteiger partial charge is 0.254 e. The number of aromatic nitrogens is 1. The molecule has 3 amide bonds. The summed E-state index contributed by atoms with van der Waals surface area (Å²) in [5.74, 6) is -1.19. The maximum atomic E-state index is 13.4. The van der Waals surface area contributed by atoms with Gasteiger partial charge in [-0.2, -0.15) is 0 Å². The maximum Gasteiger partial charge on any atom is 0.254 e. The quantitative estimate of drug-likeness (QED) is 0.180. The summed E-state index contributed by atoms with van der Waals surface area (Å²) in [6.45, 7) is 6.91. The van der Waals surface area contributed by atoms with Gasteiger partial charge in [0.15, 0.2) is 11.0 Å². The Morgan fingerprint density at radius 3 is 2.52 bits per heavy atom. The summed E-state index contributed by atoms with van der Waals surface area (Å²) in [6, 6.07) is 5.72. The van der Waals surface area contributed by atoms with Crippen molar-refractivity contribution in [1.29, 1.82) is 0 Å². The number of piperazine rings is 1. The number of nitrogens with zero attached hydrogens (tertiary/aromatic N) is 4. The van der Waals surface area contributed by atoms with E-state index >= 15 is 0 Å². The first-order valence-electron chi connectivity index (χ1n) is 13.5. The number of hydrogen-bond acceptors (Lipinski definition) is 7. The number of fused-ring (bicyclic) bond motifs is 1. The van der Waals surface area contributed by atoms with Crippen molar-refractivity contribution in [2.24, 2.45) is 16.5 Å². The lowest BCUT2D eigenvalue weighted by molar-refractivity contribution is -0.144. The van der Waals surface area contributed by atoms with E-state index in [1.807, 2.05) is 12.1 Å². The van der Waals surface area contributed by atoms with Gasteiger partial charge in [0.25, 0.3) is 5.91 Å². The normalized spacial score (nSPS) is 19.6. The number of carbonyl (C=O) groups is 4. The molecule has 5 N–H and O–H groups in total. The molecule has 3 heterocycles. The molecule has 2 unspecified atom stereocenters. The second kappa shape index (κ2) is 12.2. The largest absolute Gasteiger partial charge is 0.370 e. The van der Waals surface area contributed by atoms with Crippen molar-refractivity contribution in [3.05, 3.63) is 52.0 Å². The molecule has 11 nitrogen and oxygen atoms in total. The van der Waals surface area contributed by atoms with Crippen LogP contribution in [0.3, 0.4) is 0 Å². The maximum absolute atomic E-state index is 13.4. The monoisotopic (exact) mass is 567 g/mol. The third-order valence-corrected chi connectivity index (χ3v) is 8.14. The van der Waals surface area contributed by atoms with Gasteiger partial charge in [0.05, 0.1) is 12.1 Å². The number of carbonyl (C=O) groups excluding carboxylic acids is 4. The second-order valence-electron chi connectivity index (χ2n) is 11.3. The molecule has 0 bridgehead atoms. The fraction of sp³-hybridized carbons (Fsp3) is 0.500. The highest BCUT2D eigenvalue weighted by Crippen LogP contribution is 2.30. The number of rotatable bonds is 9. The highest BCUT2D eigenvalue weighted by molar-refractivity contribution is 7.11. The summed E-state index contributed by atoms with van der Waals surface area (Å²) in [4.78, 5) is 64.1. The number of hydrogen-bond donors (Lipinski definition) is 3. The molecular weight excluding hydrogens is 530 g/mol.